The second kappa shape index (κ2) is 14.1. The highest BCUT2D eigenvalue weighted by Crippen LogP contribution is 2.42. The highest BCUT2D eigenvalue weighted by Gasteiger charge is 2.39. The standard InChI is InChI=1S/C38H42ClN3O3/c1-44-35-15-9-32(10-16-35)38(33-11-17-36(45-2)18-12-33)19-4-20-41(28-38)27-30-5-3-6-31(25-30)37(43)42-23-21-40(22-24-42)26-29-7-13-34(39)14-8-29/h3,5-18,25H,4,19-24,26-28H2,1-2H3. The van der Waals surface area contributed by atoms with Crippen molar-refractivity contribution in [1.29, 1.82) is 0 Å². The number of likely N-dealkylation sites (tertiary alicyclic amines) is 1. The number of benzene rings is 4. The summed E-state index contributed by atoms with van der Waals surface area (Å²) in [6.07, 6.45) is 2.14. The van der Waals surface area contributed by atoms with Crippen LogP contribution in [0, 0.1) is 0 Å². The lowest BCUT2D eigenvalue weighted by Gasteiger charge is -2.44. The number of hydrogen-bond donors (Lipinski definition) is 0. The first-order valence-electron chi connectivity index (χ1n) is 15.8. The quantitative estimate of drug-likeness (QED) is 0.203. The van der Waals surface area contributed by atoms with Crippen LogP contribution in [0.5, 0.6) is 11.5 Å². The number of carbonyl (C=O) groups is 1. The van der Waals surface area contributed by atoms with E-state index in [2.05, 4.69) is 82.6 Å². The fraction of sp³-hybridized carbons (Fsp3) is 0.342. The van der Waals surface area contributed by atoms with E-state index in [-0.39, 0.29) is 11.3 Å². The Balaban J connectivity index is 1.14. The number of nitrogens with zero attached hydrogens (tertiary/aromatic N) is 3. The largest absolute Gasteiger partial charge is 0.497 e. The van der Waals surface area contributed by atoms with E-state index in [1.54, 1.807) is 14.2 Å². The van der Waals surface area contributed by atoms with E-state index in [0.717, 1.165) is 87.3 Å². The van der Waals surface area contributed by atoms with Gasteiger partial charge in [-0.2, -0.15) is 0 Å². The predicted molar refractivity (Wildman–Crippen MR) is 180 cm³/mol. The fourth-order valence-electron chi connectivity index (χ4n) is 6.94. The Bertz CT molecular complexity index is 1520. The molecular weight excluding hydrogens is 582 g/mol. The molecule has 0 unspecified atom stereocenters. The van der Waals surface area contributed by atoms with Crippen molar-refractivity contribution in [3.05, 3.63) is 130 Å². The first-order chi connectivity index (χ1) is 22.0. The second-order valence-electron chi connectivity index (χ2n) is 12.2. The third kappa shape index (κ3) is 7.19. The van der Waals surface area contributed by atoms with Crippen molar-refractivity contribution >= 4 is 17.5 Å². The molecule has 0 bridgehead atoms. The molecule has 2 aliphatic rings. The number of hydrogen-bond acceptors (Lipinski definition) is 5. The van der Waals surface area contributed by atoms with Crippen molar-refractivity contribution < 1.29 is 14.3 Å². The zero-order valence-electron chi connectivity index (χ0n) is 26.3. The van der Waals surface area contributed by atoms with Gasteiger partial charge in [-0.3, -0.25) is 14.6 Å². The highest BCUT2D eigenvalue weighted by atomic mass is 35.5. The minimum Gasteiger partial charge on any atom is -0.497 e. The molecule has 0 N–H and O–H groups in total. The summed E-state index contributed by atoms with van der Waals surface area (Å²) in [5.74, 6) is 1.84. The number of methoxy groups -OCH3 is 2. The summed E-state index contributed by atoms with van der Waals surface area (Å²) < 4.78 is 10.9. The van der Waals surface area contributed by atoms with E-state index < -0.39 is 0 Å². The number of piperazine rings is 1. The van der Waals surface area contributed by atoms with Gasteiger partial charge < -0.3 is 14.4 Å². The zero-order valence-corrected chi connectivity index (χ0v) is 27.0. The monoisotopic (exact) mass is 623 g/mol. The average Bonchev–Trinajstić information content (AvgIpc) is 3.09. The lowest BCUT2D eigenvalue weighted by molar-refractivity contribution is 0.0628. The van der Waals surface area contributed by atoms with Crippen molar-refractivity contribution in [2.24, 2.45) is 0 Å². The SMILES string of the molecule is COc1ccc(C2(c3ccc(OC)cc3)CCCN(Cc3cccc(C(=O)N4CCN(Cc5ccc(Cl)cc5)CC4)c3)C2)cc1. The Morgan fingerprint density at radius 1 is 0.711 bits per heavy atom. The van der Waals surface area contributed by atoms with Gasteiger partial charge in [0.1, 0.15) is 11.5 Å². The van der Waals surface area contributed by atoms with Gasteiger partial charge in [0, 0.05) is 61.8 Å². The Morgan fingerprint density at radius 2 is 1.31 bits per heavy atom. The molecule has 45 heavy (non-hydrogen) atoms. The van der Waals surface area contributed by atoms with Crippen molar-refractivity contribution in [2.45, 2.75) is 31.3 Å². The second-order valence-corrected chi connectivity index (χ2v) is 12.7. The lowest BCUT2D eigenvalue weighted by Crippen LogP contribution is -2.48. The van der Waals surface area contributed by atoms with Gasteiger partial charge in [-0.05, 0) is 90.2 Å². The van der Waals surface area contributed by atoms with E-state index in [0.29, 0.717) is 0 Å². The van der Waals surface area contributed by atoms with Gasteiger partial charge in [-0.25, -0.2) is 0 Å². The molecule has 7 heteroatoms. The van der Waals surface area contributed by atoms with E-state index in [9.17, 15) is 4.79 Å². The van der Waals surface area contributed by atoms with Crippen molar-refractivity contribution in [3.63, 3.8) is 0 Å². The van der Waals surface area contributed by atoms with E-state index >= 15 is 0 Å². The minimum atomic E-state index is -0.157. The van der Waals surface area contributed by atoms with Gasteiger partial charge in [0.15, 0.2) is 0 Å². The predicted octanol–water partition coefficient (Wildman–Crippen LogP) is 6.90. The summed E-state index contributed by atoms with van der Waals surface area (Å²) in [4.78, 5) is 20.5. The third-order valence-corrected chi connectivity index (χ3v) is 9.67. The van der Waals surface area contributed by atoms with Crippen LogP contribution >= 0.6 is 11.6 Å². The first kappa shape index (κ1) is 31.2. The Kier molecular flexibility index (Phi) is 9.74. The summed E-state index contributed by atoms with van der Waals surface area (Å²) in [6.45, 7) is 6.76. The molecule has 4 aromatic carbocycles. The lowest BCUT2D eigenvalue weighted by atomic mass is 9.69. The average molecular weight is 624 g/mol. The van der Waals surface area contributed by atoms with E-state index in [4.69, 9.17) is 21.1 Å². The van der Waals surface area contributed by atoms with E-state index in [1.807, 2.05) is 29.2 Å². The maximum atomic E-state index is 13.6. The first-order valence-corrected chi connectivity index (χ1v) is 16.2. The molecule has 2 heterocycles. The number of carbonyl (C=O) groups excluding carboxylic acids is 1. The number of ether oxygens (including phenoxy) is 2. The summed E-state index contributed by atoms with van der Waals surface area (Å²) in [7, 11) is 3.41. The van der Waals surface area contributed by atoms with Gasteiger partial charge in [-0.1, -0.05) is 60.1 Å². The summed E-state index contributed by atoms with van der Waals surface area (Å²) in [5.41, 5.74) is 5.60. The molecule has 0 radical (unpaired) electrons. The molecule has 234 valence electrons. The topological polar surface area (TPSA) is 45.3 Å². The number of amides is 1. The molecule has 6 rings (SSSR count). The molecule has 0 saturated carbocycles. The van der Waals surface area contributed by atoms with Crippen LogP contribution in [0.1, 0.15) is 45.5 Å². The fourth-order valence-corrected chi connectivity index (χ4v) is 7.06. The van der Waals surface area contributed by atoms with Crippen LogP contribution < -0.4 is 9.47 Å². The molecule has 6 nitrogen and oxygen atoms in total. The molecule has 2 aliphatic heterocycles. The summed E-state index contributed by atoms with van der Waals surface area (Å²) in [6, 6.07) is 33.3. The van der Waals surface area contributed by atoms with Gasteiger partial charge in [0.2, 0.25) is 0 Å². The smallest absolute Gasteiger partial charge is 0.253 e. The number of halogens is 1. The van der Waals surface area contributed by atoms with Crippen molar-refractivity contribution in [2.75, 3.05) is 53.5 Å². The summed E-state index contributed by atoms with van der Waals surface area (Å²) in [5, 5.41) is 0.755. The molecule has 1 amide bonds. The molecule has 2 fully saturated rings. The normalized spacial score (nSPS) is 17.2. The number of piperidine rings is 1. The minimum absolute atomic E-state index is 0.118. The Morgan fingerprint density at radius 3 is 1.91 bits per heavy atom. The van der Waals surface area contributed by atoms with Crippen LogP contribution in [0.3, 0.4) is 0 Å². The maximum absolute atomic E-state index is 13.6. The molecule has 2 saturated heterocycles. The van der Waals surface area contributed by atoms with Crippen LogP contribution in [0.15, 0.2) is 97.1 Å². The van der Waals surface area contributed by atoms with Crippen LogP contribution in [0.25, 0.3) is 0 Å². The van der Waals surface area contributed by atoms with Crippen LogP contribution in [-0.2, 0) is 18.5 Å². The van der Waals surface area contributed by atoms with Crippen LogP contribution in [0.4, 0.5) is 0 Å². The molecular formula is C38H42ClN3O3. The Hall–Kier alpha value is -3.84. The zero-order chi connectivity index (χ0) is 31.2. The number of rotatable bonds is 9. The van der Waals surface area contributed by atoms with Gasteiger partial charge in [-0.15, -0.1) is 0 Å². The highest BCUT2D eigenvalue weighted by molar-refractivity contribution is 6.30. The van der Waals surface area contributed by atoms with Gasteiger partial charge >= 0.3 is 0 Å². The Labute approximate surface area is 272 Å². The van der Waals surface area contributed by atoms with E-state index in [1.165, 1.54) is 22.3 Å². The molecule has 0 spiro atoms. The van der Waals surface area contributed by atoms with Crippen molar-refractivity contribution in [3.8, 4) is 11.5 Å². The maximum Gasteiger partial charge on any atom is 0.253 e. The van der Waals surface area contributed by atoms with Crippen molar-refractivity contribution in [1.82, 2.24) is 14.7 Å². The third-order valence-electron chi connectivity index (χ3n) is 9.42. The van der Waals surface area contributed by atoms with Crippen LogP contribution in [0.2, 0.25) is 5.02 Å². The van der Waals surface area contributed by atoms with Crippen LogP contribution in [-0.4, -0.2) is 74.1 Å². The summed E-state index contributed by atoms with van der Waals surface area (Å²) >= 11 is 6.05. The molecule has 0 aromatic heterocycles. The molecule has 4 aromatic rings. The van der Waals surface area contributed by atoms with Gasteiger partial charge in [0.25, 0.3) is 5.91 Å². The molecule has 0 aliphatic carbocycles. The molecule has 0 atom stereocenters. The van der Waals surface area contributed by atoms with Gasteiger partial charge in [0.05, 0.1) is 14.2 Å².